The Labute approximate surface area is 66.8 Å². The van der Waals surface area contributed by atoms with Crippen molar-refractivity contribution >= 4 is 6.41 Å². The molecule has 1 amide bonds. The van der Waals surface area contributed by atoms with E-state index in [2.05, 4.69) is 5.32 Å². The number of rotatable bonds is 2. The normalized spacial score (nSPS) is 38.2. The van der Waals surface area contributed by atoms with E-state index < -0.39 is 5.60 Å². The SMILES string of the molecule is CC1(O)CCCC(NC=O)C1. The smallest absolute Gasteiger partial charge is 0.207 e. The van der Waals surface area contributed by atoms with Crippen LogP contribution in [-0.2, 0) is 4.79 Å². The lowest BCUT2D eigenvalue weighted by Gasteiger charge is -2.33. The monoisotopic (exact) mass is 157 g/mol. The standard InChI is InChI=1S/C8H15NO2/c1-8(11)4-2-3-7(5-8)9-6-10/h6-7,11H,2-5H2,1H3,(H,9,10). The maximum atomic E-state index is 10.1. The average molecular weight is 157 g/mol. The summed E-state index contributed by atoms with van der Waals surface area (Å²) in [5, 5.41) is 12.3. The third kappa shape index (κ3) is 2.50. The molecule has 1 saturated carbocycles. The molecule has 0 aliphatic heterocycles. The zero-order chi connectivity index (χ0) is 8.32. The Morgan fingerprint density at radius 3 is 3.00 bits per heavy atom. The molecule has 0 aromatic rings. The molecule has 2 N–H and O–H groups in total. The van der Waals surface area contributed by atoms with Gasteiger partial charge in [-0.3, -0.25) is 4.79 Å². The minimum absolute atomic E-state index is 0.177. The summed E-state index contributed by atoms with van der Waals surface area (Å²) in [6, 6.07) is 0.177. The van der Waals surface area contributed by atoms with Gasteiger partial charge in [0.15, 0.2) is 0 Å². The molecule has 0 spiro atoms. The average Bonchev–Trinajstić information content (AvgIpc) is 1.85. The minimum atomic E-state index is -0.571. The Balaban J connectivity index is 2.39. The Hall–Kier alpha value is -0.570. The predicted octanol–water partition coefficient (Wildman–Crippen LogP) is 0.426. The van der Waals surface area contributed by atoms with Crippen LogP contribution in [-0.4, -0.2) is 23.2 Å². The van der Waals surface area contributed by atoms with Crippen molar-refractivity contribution in [2.24, 2.45) is 0 Å². The van der Waals surface area contributed by atoms with E-state index >= 15 is 0 Å². The van der Waals surface area contributed by atoms with Gasteiger partial charge in [0.1, 0.15) is 0 Å². The molecule has 1 fully saturated rings. The number of nitrogens with one attached hydrogen (secondary N) is 1. The number of aliphatic hydroxyl groups is 1. The van der Waals surface area contributed by atoms with Crippen molar-refractivity contribution < 1.29 is 9.90 Å². The Kier molecular flexibility index (Phi) is 2.49. The lowest BCUT2D eigenvalue weighted by molar-refractivity contribution is -0.110. The van der Waals surface area contributed by atoms with Gasteiger partial charge in [0.05, 0.1) is 5.60 Å². The van der Waals surface area contributed by atoms with E-state index in [9.17, 15) is 9.90 Å². The van der Waals surface area contributed by atoms with Crippen molar-refractivity contribution in [3.8, 4) is 0 Å². The van der Waals surface area contributed by atoms with Crippen molar-refractivity contribution in [1.29, 1.82) is 0 Å². The van der Waals surface area contributed by atoms with Gasteiger partial charge in [0, 0.05) is 6.04 Å². The van der Waals surface area contributed by atoms with Gasteiger partial charge < -0.3 is 10.4 Å². The van der Waals surface area contributed by atoms with E-state index in [0.29, 0.717) is 12.8 Å². The second-order valence-electron chi connectivity index (χ2n) is 3.57. The van der Waals surface area contributed by atoms with Crippen molar-refractivity contribution in [2.75, 3.05) is 0 Å². The van der Waals surface area contributed by atoms with Crippen LogP contribution in [0.1, 0.15) is 32.6 Å². The summed E-state index contributed by atoms with van der Waals surface area (Å²) < 4.78 is 0. The van der Waals surface area contributed by atoms with E-state index in [1.54, 1.807) is 0 Å². The quantitative estimate of drug-likeness (QED) is 0.571. The summed E-state index contributed by atoms with van der Waals surface area (Å²) in [4.78, 5) is 10.1. The predicted molar refractivity (Wildman–Crippen MR) is 42.1 cm³/mol. The topological polar surface area (TPSA) is 49.3 Å². The first-order valence-electron chi connectivity index (χ1n) is 4.06. The molecule has 1 aliphatic rings. The highest BCUT2D eigenvalue weighted by Crippen LogP contribution is 2.27. The number of amides is 1. The molecule has 2 unspecified atom stereocenters. The van der Waals surface area contributed by atoms with Crippen LogP contribution >= 0.6 is 0 Å². The van der Waals surface area contributed by atoms with Gasteiger partial charge in [0.25, 0.3) is 0 Å². The molecule has 1 rings (SSSR count). The maximum absolute atomic E-state index is 10.1. The molecule has 3 heteroatoms. The van der Waals surface area contributed by atoms with Gasteiger partial charge >= 0.3 is 0 Å². The summed E-state index contributed by atoms with van der Waals surface area (Å²) in [5.41, 5.74) is -0.571. The van der Waals surface area contributed by atoms with E-state index in [1.807, 2.05) is 6.92 Å². The zero-order valence-electron chi connectivity index (χ0n) is 6.84. The van der Waals surface area contributed by atoms with Crippen LogP contribution in [0.2, 0.25) is 0 Å². The molecule has 0 aromatic carbocycles. The summed E-state index contributed by atoms with van der Waals surface area (Å²) >= 11 is 0. The Morgan fingerprint density at radius 2 is 2.45 bits per heavy atom. The molecule has 0 radical (unpaired) electrons. The van der Waals surface area contributed by atoms with E-state index in [-0.39, 0.29) is 6.04 Å². The van der Waals surface area contributed by atoms with Crippen molar-refractivity contribution in [1.82, 2.24) is 5.32 Å². The molecule has 0 aromatic heterocycles. The van der Waals surface area contributed by atoms with Crippen LogP contribution in [0, 0.1) is 0 Å². The second kappa shape index (κ2) is 3.22. The van der Waals surface area contributed by atoms with Crippen molar-refractivity contribution in [3.63, 3.8) is 0 Å². The lowest BCUT2D eigenvalue weighted by Crippen LogP contribution is -2.41. The molecular formula is C8H15NO2. The van der Waals surface area contributed by atoms with E-state index in [0.717, 1.165) is 19.3 Å². The lowest BCUT2D eigenvalue weighted by atomic mass is 9.83. The van der Waals surface area contributed by atoms with Crippen molar-refractivity contribution in [2.45, 2.75) is 44.2 Å². The molecule has 2 atom stereocenters. The molecular weight excluding hydrogens is 142 g/mol. The molecule has 1 aliphatic carbocycles. The first-order chi connectivity index (χ1) is 5.14. The van der Waals surface area contributed by atoms with Crippen LogP contribution in [0.15, 0.2) is 0 Å². The molecule has 0 saturated heterocycles. The van der Waals surface area contributed by atoms with Crippen LogP contribution in [0.25, 0.3) is 0 Å². The summed E-state index contributed by atoms with van der Waals surface area (Å²) in [5.74, 6) is 0. The third-order valence-corrected chi connectivity index (χ3v) is 2.26. The summed E-state index contributed by atoms with van der Waals surface area (Å²) in [6.45, 7) is 1.83. The molecule has 0 heterocycles. The summed E-state index contributed by atoms with van der Waals surface area (Å²) in [7, 11) is 0. The first kappa shape index (κ1) is 8.53. The third-order valence-electron chi connectivity index (χ3n) is 2.26. The van der Waals surface area contributed by atoms with E-state index in [4.69, 9.17) is 0 Å². The van der Waals surface area contributed by atoms with Gasteiger partial charge in [-0.15, -0.1) is 0 Å². The maximum Gasteiger partial charge on any atom is 0.207 e. The van der Waals surface area contributed by atoms with Gasteiger partial charge in [-0.2, -0.15) is 0 Å². The zero-order valence-corrected chi connectivity index (χ0v) is 6.84. The van der Waals surface area contributed by atoms with Crippen molar-refractivity contribution in [3.05, 3.63) is 0 Å². The number of carbonyl (C=O) groups is 1. The second-order valence-corrected chi connectivity index (χ2v) is 3.57. The van der Waals surface area contributed by atoms with Crippen LogP contribution in [0.5, 0.6) is 0 Å². The highest BCUT2D eigenvalue weighted by Gasteiger charge is 2.29. The molecule has 64 valence electrons. The van der Waals surface area contributed by atoms with Gasteiger partial charge in [-0.05, 0) is 32.6 Å². The highest BCUT2D eigenvalue weighted by atomic mass is 16.3. The number of carbonyl (C=O) groups excluding carboxylic acids is 1. The van der Waals surface area contributed by atoms with Crippen LogP contribution in [0.4, 0.5) is 0 Å². The number of hydrogen-bond donors (Lipinski definition) is 2. The minimum Gasteiger partial charge on any atom is -0.390 e. The van der Waals surface area contributed by atoms with Crippen LogP contribution < -0.4 is 5.32 Å². The fourth-order valence-electron chi connectivity index (χ4n) is 1.70. The van der Waals surface area contributed by atoms with E-state index in [1.165, 1.54) is 0 Å². The van der Waals surface area contributed by atoms with Gasteiger partial charge in [0.2, 0.25) is 6.41 Å². The summed E-state index contributed by atoms with van der Waals surface area (Å²) in [6.07, 6.45) is 4.25. The fourth-order valence-corrected chi connectivity index (χ4v) is 1.70. The molecule has 3 nitrogen and oxygen atoms in total. The Bertz CT molecular complexity index is 145. The van der Waals surface area contributed by atoms with Gasteiger partial charge in [-0.1, -0.05) is 0 Å². The highest BCUT2D eigenvalue weighted by molar-refractivity contribution is 5.46. The first-order valence-corrected chi connectivity index (χ1v) is 4.06. The van der Waals surface area contributed by atoms with Crippen LogP contribution in [0.3, 0.4) is 0 Å². The molecule has 11 heavy (non-hydrogen) atoms. The fraction of sp³-hybridized carbons (Fsp3) is 0.875. The van der Waals surface area contributed by atoms with Gasteiger partial charge in [-0.25, -0.2) is 0 Å². The Morgan fingerprint density at radius 1 is 1.73 bits per heavy atom. The number of hydrogen-bond acceptors (Lipinski definition) is 2. The molecule has 0 bridgehead atoms. The largest absolute Gasteiger partial charge is 0.390 e.